The zero-order valence-electron chi connectivity index (χ0n) is 16.4. The number of halogens is 1. The number of hydrogen-bond acceptors (Lipinski definition) is 3. The molecule has 6 heteroatoms. The molecule has 1 aromatic heterocycles. The second-order valence-electron chi connectivity index (χ2n) is 7.22. The molecular weight excluding hydrogens is 369 g/mol. The number of ether oxygens (including phenoxy) is 1. The van der Waals surface area contributed by atoms with E-state index in [4.69, 9.17) is 4.74 Å². The number of piperidine rings is 1. The summed E-state index contributed by atoms with van der Waals surface area (Å²) >= 11 is 0. The summed E-state index contributed by atoms with van der Waals surface area (Å²) in [7, 11) is 0. The number of nitrogens with zero attached hydrogens (tertiary/aromatic N) is 3. The van der Waals surface area contributed by atoms with Gasteiger partial charge in [0.05, 0.1) is 18.5 Å². The van der Waals surface area contributed by atoms with Crippen molar-refractivity contribution in [1.29, 1.82) is 0 Å². The van der Waals surface area contributed by atoms with E-state index in [9.17, 15) is 9.18 Å². The molecule has 29 heavy (non-hydrogen) atoms. The van der Waals surface area contributed by atoms with Gasteiger partial charge < -0.3 is 9.64 Å². The molecule has 2 aromatic carbocycles. The van der Waals surface area contributed by atoms with Gasteiger partial charge in [-0.1, -0.05) is 6.07 Å². The van der Waals surface area contributed by atoms with E-state index in [1.807, 2.05) is 54.5 Å². The quantitative estimate of drug-likeness (QED) is 0.644. The van der Waals surface area contributed by atoms with Gasteiger partial charge in [0.25, 0.3) is 5.91 Å². The molecule has 0 bridgehead atoms. The van der Waals surface area contributed by atoms with Gasteiger partial charge in [-0.15, -0.1) is 0 Å². The van der Waals surface area contributed by atoms with E-state index in [-0.39, 0.29) is 11.7 Å². The number of carbonyl (C=O) groups excluding carboxylic acids is 1. The zero-order valence-corrected chi connectivity index (χ0v) is 16.4. The lowest BCUT2D eigenvalue weighted by atomic mass is 9.91. The van der Waals surface area contributed by atoms with Crippen LogP contribution in [0.4, 0.5) is 4.39 Å². The van der Waals surface area contributed by atoms with Gasteiger partial charge in [-0.05, 0) is 73.7 Å². The van der Waals surface area contributed by atoms with E-state index in [2.05, 4.69) is 5.10 Å². The smallest absolute Gasteiger partial charge is 0.253 e. The minimum atomic E-state index is -0.277. The van der Waals surface area contributed by atoms with Crippen LogP contribution in [0.15, 0.2) is 60.9 Å². The highest BCUT2D eigenvalue weighted by Crippen LogP contribution is 2.29. The van der Waals surface area contributed by atoms with Crippen LogP contribution in [-0.4, -0.2) is 40.3 Å². The molecule has 3 aromatic rings. The molecule has 0 radical (unpaired) electrons. The Morgan fingerprint density at radius 2 is 1.93 bits per heavy atom. The molecule has 2 heterocycles. The number of benzene rings is 2. The van der Waals surface area contributed by atoms with Crippen LogP contribution < -0.4 is 4.74 Å². The van der Waals surface area contributed by atoms with Crippen molar-refractivity contribution in [3.63, 3.8) is 0 Å². The summed E-state index contributed by atoms with van der Waals surface area (Å²) in [6.07, 6.45) is 5.58. The van der Waals surface area contributed by atoms with E-state index < -0.39 is 0 Å². The first-order valence-corrected chi connectivity index (χ1v) is 9.96. The average molecular weight is 393 g/mol. The Hall–Kier alpha value is -3.15. The summed E-state index contributed by atoms with van der Waals surface area (Å²) < 4.78 is 20.6. The van der Waals surface area contributed by atoms with E-state index in [0.717, 1.165) is 24.2 Å². The van der Waals surface area contributed by atoms with Crippen molar-refractivity contribution < 1.29 is 13.9 Å². The topological polar surface area (TPSA) is 47.4 Å². The molecular formula is C23H24FN3O2. The van der Waals surface area contributed by atoms with Crippen molar-refractivity contribution in [3.05, 3.63) is 77.9 Å². The Balaban J connectivity index is 1.37. The average Bonchev–Trinajstić information content (AvgIpc) is 3.25. The molecule has 1 fully saturated rings. The maximum absolute atomic E-state index is 13.4. The second kappa shape index (κ2) is 8.47. The third-order valence-electron chi connectivity index (χ3n) is 5.34. The third kappa shape index (κ3) is 4.31. The monoisotopic (exact) mass is 393 g/mol. The lowest BCUT2D eigenvalue weighted by Crippen LogP contribution is -2.37. The van der Waals surface area contributed by atoms with Crippen molar-refractivity contribution in [2.45, 2.75) is 25.7 Å². The SMILES string of the molecule is CCOc1ccc(C(=O)N2CCC(c3cnn(-c4cccc(F)c4)c3)CC2)cc1. The first kappa shape index (κ1) is 19.2. The molecule has 0 spiro atoms. The van der Waals surface area contributed by atoms with Crippen LogP contribution in [0, 0.1) is 5.82 Å². The van der Waals surface area contributed by atoms with Crippen LogP contribution in [0.25, 0.3) is 5.69 Å². The summed E-state index contributed by atoms with van der Waals surface area (Å²) in [5, 5.41) is 4.39. The van der Waals surface area contributed by atoms with Crippen LogP contribution in [0.2, 0.25) is 0 Å². The third-order valence-corrected chi connectivity index (χ3v) is 5.34. The molecule has 0 saturated carbocycles. The molecule has 150 valence electrons. The molecule has 1 saturated heterocycles. The highest BCUT2D eigenvalue weighted by Gasteiger charge is 2.25. The van der Waals surface area contributed by atoms with E-state index in [0.29, 0.717) is 36.9 Å². The Labute approximate surface area is 169 Å². The highest BCUT2D eigenvalue weighted by molar-refractivity contribution is 5.94. The predicted octanol–water partition coefficient (Wildman–Crippen LogP) is 4.43. The van der Waals surface area contributed by atoms with Gasteiger partial charge in [0.15, 0.2) is 0 Å². The van der Waals surface area contributed by atoms with E-state index >= 15 is 0 Å². The molecule has 0 atom stereocenters. The Morgan fingerprint density at radius 3 is 2.62 bits per heavy atom. The summed E-state index contributed by atoms with van der Waals surface area (Å²) in [5.74, 6) is 0.905. The lowest BCUT2D eigenvalue weighted by molar-refractivity contribution is 0.0713. The number of amides is 1. The van der Waals surface area contributed by atoms with Gasteiger partial charge >= 0.3 is 0 Å². The number of carbonyl (C=O) groups is 1. The van der Waals surface area contributed by atoms with Crippen molar-refractivity contribution in [2.75, 3.05) is 19.7 Å². The fraction of sp³-hybridized carbons (Fsp3) is 0.304. The van der Waals surface area contributed by atoms with Gasteiger partial charge in [0.1, 0.15) is 11.6 Å². The van der Waals surface area contributed by atoms with Crippen LogP contribution in [0.1, 0.15) is 41.6 Å². The first-order chi connectivity index (χ1) is 14.1. The van der Waals surface area contributed by atoms with Gasteiger partial charge in [0, 0.05) is 24.8 Å². The number of hydrogen-bond donors (Lipinski definition) is 0. The lowest BCUT2D eigenvalue weighted by Gasteiger charge is -2.31. The number of rotatable bonds is 5. The van der Waals surface area contributed by atoms with Gasteiger partial charge in [-0.2, -0.15) is 5.10 Å². The molecule has 1 amide bonds. The summed E-state index contributed by atoms with van der Waals surface area (Å²) in [5.41, 5.74) is 2.52. The van der Waals surface area contributed by atoms with Crippen molar-refractivity contribution in [3.8, 4) is 11.4 Å². The van der Waals surface area contributed by atoms with Crippen molar-refractivity contribution in [2.24, 2.45) is 0 Å². The largest absolute Gasteiger partial charge is 0.494 e. The fourth-order valence-electron chi connectivity index (χ4n) is 3.77. The maximum Gasteiger partial charge on any atom is 0.253 e. The normalized spacial score (nSPS) is 14.8. The molecule has 0 unspecified atom stereocenters. The van der Waals surface area contributed by atoms with Crippen LogP contribution in [-0.2, 0) is 0 Å². The highest BCUT2D eigenvalue weighted by atomic mass is 19.1. The maximum atomic E-state index is 13.4. The fourth-order valence-corrected chi connectivity index (χ4v) is 3.77. The van der Waals surface area contributed by atoms with Gasteiger partial charge in [-0.25, -0.2) is 9.07 Å². The predicted molar refractivity (Wildman–Crippen MR) is 109 cm³/mol. The van der Waals surface area contributed by atoms with Gasteiger partial charge in [0.2, 0.25) is 0 Å². The van der Waals surface area contributed by atoms with Crippen LogP contribution >= 0.6 is 0 Å². The summed E-state index contributed by atoms with van der Waals surface area (Å²) in [4.78, 5) is 14.7. The standard InChI is InChI=1S/C23H24FN3O2/c1-2-29-22-8-6-18(7-9-22)23(28)26-12-10-17(11-13-26)19-15-25-27(16-19)21-5-3-4-20(24)14-21/h3-9,14-17H,2,10-13H2,1H3. The Morgan fingerprint density at radius 1 is 1.17 bits per heavy atom. The van der Waals surface area contributed by atoms with Crippen molar-refractivity contribution >= 4 is 5.91 Å². The molecule has 0 N–H and O–H groups in total. The van der Waals surface area contributed by atoms with E-state index in [1.165, 1.54) is 12.1 Å². The Bertz CT molecular complexity index is 976. The molecule has 4 rings (SSSR count). The van der Waals surface area contributed by atoms with Crippen LogP contribution in [0.3, 0.4) is 0 Å². The Kier molecular flexibility index (Phi) is 5.60. The van der Waals surface area contributed by atoms with E-state index in [1.54, 1.807) is 10.7 Å². The first-order valence-electron chi connectivity index (χ1n) is 9.96. The number of likely N-dealkylation sites (tertiary alicyclic amines) is 1. The van der Waals surface area contributed by atoms with Crippen molar-refractivity contribution in [1.82, 2.24) is 14.7 Å². The molecule has 1 aliphatic rings. The molecule has 0 aliphatic carbocycles. The number of aromatic nitrogens is 2. The zero-order chi connectivity index (χ0) is 20.2. The minimum Gasteiger partial charge on any atom is -0.494 e. The van der Waals surface area contributed by atoms with Gasteiger partial charge in [-0.3, -0.25) is 4.79 Å². The molecule has 5 nitrogen and oxygen atoms in total. The molecule has 1 aliphatic heterocycles. The second-order valence-corrected chi connectivity index (χ2v) is 7.22. The summed E-state index contributed by atoms with van der Waals surface area (Å²) in [6, 6.07) is 13.7. The minimum absolute atomic E-state index is 0.0574. The van der Waals surface area contributed by atoms with Crippen LogP contribution in [0.5, 0.6) is 5.75 Å². The summed E-state index contributed by atoms with van der Waals surface area (Å²) in [6.45, 7) is 3.96.